The summed E-state index contributed by atoms with van der Waals surface area (Å²) in [5, 5.41) is 8.22. The van der Waals surface area contributed by atoms with Crippen molar-refractivity contribution in [2.75, 3.05) is 0 Å². The molecule has 0 aliphatic carbocycles. The molecule has 0 aliphatic rings. The van der Waals surface area contributed by atoms with Gasteiger partial charge in [0.1, 0.15) is 0 Å². The Hall–Kier alpha value is -0.460. The lowest BCUT2D eigenvalue weighted by Gasteiger charge is -2.08. The Bertz CT molecular complexity index is 66.7. The van der Waals surface area contributed by atoms with Crippen molar-refractivity contribution in [3.05, 3.63) is 12.3 Å². The minimum Gasteiger partial charge on any atom is -0.516 e. The molecule has 1 nitrogen and oxygen atoms in total. The third-order valence-electron chi connectivity index (χ3n) is 0.575. The van der Waals surface area contributed by atoms with Gasteiger partial charge < -0.3 is 5.11 Å². The van der Waals surface area contributed by atoms with E-state index in [1.165, 1.54) is 0 Å². The molecule has 0 bridgehead atoms. The van der Waals surface area contributed by atoms with E-state index in [1.807, 2.05) is 20.8 Å². The van der Waals surface area contributed by atoms with E-state index >= 15 is 0 Å². The summed E-state index contributed by atoms with van der Waals surface area (Å²) in [6.07, 6.45) is 2.83. The Labute approximate surface area is 44.7 Å². The SMILES string of the molecule is CC(C)(C)/C=C/O. The predicted octanol–water partition coefficient (Wildman–Crippen LogP) is 2.10. The van der Waals surface area contributed by atoms with Gasteiger partial charge in [-0.3, -0.25) is 0 Å². The molecule has 0 aromatic carbocycles. The highest BCUT2D eigenvalue weighted by Gasteiger charge is 2.01. The van der Waals surface area contributed by atoms with E-state index < -0.39 is 0 Å². The number of hydrogen-bond acceptors (Lipinski definition) is 1. The largest absolute Gasteiger partial charge is 0.516 e. The molecule has 0 spiro atoms. The molecule has 0 atom stereocenters. The second-order valence-corrected chi connectivity index (χ2v) is 2.68. The van der Waals surface area contributed by atoms with Gasteiger partial charge in [-0.25, -0.2) is 0 Å². The summed E-state index contributed by atoms with van der Waals surface area (Å²) in [6.45, 7) is 6.08. The third kappa shape index (κ3) is 5.54. The van der Waals surface area contributed by atoms with Crippen molar-refractivity contribution in [3.63, 3.8) is 0 Å². The quantitative estimate of drug-likeness (QED) is 0.462. The molecule has 7 heavy (non-hydrogen) atoms. The van der Waals surface area contributed by atoms with Crippen molar-refractivity contribution >= 4 is 0 Å². The second-order valence-electron chi connectivity index (χ2n) is 2.68. The first-order chi connectivity index (χ1) is 3.06. The topological polar surface area (TPSA) is 20.2 Å². The van der Waals surface area contributed by atoms with Gasteiger partial charge in [0.2, 0.25) is 0 Å². The fourth-order valence-electron chi connectivity index (χ4n) is 0.224. The maximum Gasteiger partial charge on any atom is 0.0757 e. The number of allylic oxidation sites excluding steroid dienone is 1. The van der Waals surface area contributed by atoms with Gasteiger partial charge in [0.25, 0.3) is 0 Å². The van der Waals surface area contributed by atoms with Gasteiger partial charge in [0, 0.05) is 0 Å². The average Bonchev–Trinajstić information content (AvgIpc) is 1.30. The number of rotatable bonds is 0. The summed E-state index contributed by atoms with van der Waals surface area (Å²) < 4.78 is 0. The summed E-state index contributed by atoms with van der Waals surface area (Å²) in [5.74, 6) is 0. The molecule has 0 amide bonds. The molecule has 0 rings (SSSR count). The van der Waals surface area contributed by atoms with Crippen molar-refractivity contribution in [3.8, 4) is 0 Å². The second kappa shape index (κ2) is 2.01. The van der Waals surface area contributed by atoms with Gasteiger partial charge in [0.15, 0.2) is 0 Å². The highest BCUT2D eigenvalue weighted by Crippen LogP contribution is 2.13. The van der Waals surface area contributed by atoms with Gasteiger partial charge in [-0.15, -0.1) is 0 Å². The fraction of sp³-hybridized carbons (Fsp3) is 0.667. The molecule has 0 aromatic rings. The molecule has 0 fully saturated rings. The van der Waals surface area contributed by atoms with Gasteiger partial charge in [-0.2, -0.15) is 0 Å². The lowest BCUT2D eigenvalue weighted by molar-refractivity contribution is 0.446. The van der Waals surface area contributed by atoms with Crippen molar-refractivity contribution in [1.29, 1.82) is 0 Å². The molecule has 0 saturated heterocycles. The number of aliphatic hydroxyl groups excluding tert-OH is 1. The first kappa shape index (κ1) is 6.54. The first-order valence-electron chi connectivity index (χ1n) is 2.38. The highest BCUT2D eigenvalue weighted by atomic mass is 16.2. The smallest absolute Gasteiger partial charge is 0.0757 e. The van der Waals surface area contributed by atoms with Crippen LogP contribution in [0.1, 0.15) is 20.8 Å². The van der Waals surface area contributed by atoms with Gasteiger partial charge >= 0.3 is 0 Å². The Morgan fingerprint density at radius 1 is 1.29 bits per heavy atom. The minimum atomic E-state index is 0.120. The van der Waals surface area contributed by atoms with Crippen LogP contribution in [0.15, 0.2) is 12.3 Å². The van der Waals surface area contributed by atoms with Crippen molar-refractivity contribution < 1.29 is 5.11 Å². The molecule has 0 saturated carbocycles. The minimum absolute atomic E-state index is 0.120. The van der Waals surface area contributed by atoms with Crippen LogP contribution in [-0.4, -0.2) is 5.11 Å². The number of hydrogen-bond donors (Lipinski definition) is 1. The number of aliphatic hydroxyl groups is 1. The van der Waals surface area contributed by atoms with E-state index in [-0.39, 0.29) is 5.41 Å². The molecular weight excluding hydrogens is 88.1 g/mol. The molecule has 1 heteroatoms. The zero-order valence-corrected chi connectivity index (χ0v) is 5.10. The molecule has 0 radical (unpaired) electrons. The Balaban J connectivity index is 3.56. The van der Waals surface area contributed by atoms with Crippen LogP contribution in [0.5, 0.6) is 0 Å². The zero-order chi connectivity index (χ0) is 5.91. The summed E-state index contributed by atoms with van der Waals surface area (Å²) >= 11 is 0. The third-order valence-corrected chi connectivity index (χ3v) is 0.575. The molecule has 0 unspecified atom stereocenters. The maximum atomic E-state index is 8.22. The summed E-state index contributed by atoms with van der Waals surface area (Å²) in [7, 11) is 0. The van der Waals surface area contributed by atoms with E-state index in [4.69, 9.17) is 5.11 Å². The van der Waals surface area contributed by atoms with Gasteiger partial charge in [-0.05, 0) is 11.5 Å². The van der Waals surface area contributed by atoms with Crippen LogP contribution in [0.2, 0.25) is 0 Å². The maximum absolute atomic E-state index is 8.22. The lowest BCUT2D eigenvalue weighted by atomic mass is 9.98. The van der Waals surface area contributed by atoms with E-state index in [0.29, 0.717) is 0 Å². The zero-order valence-electron chi connectivity index (χ0n) is 5.10. The summed E-state index contributed by atoms with van der Waals surface area (Å²) in [4.78, 5) is 0. The Morgan fingerprint density at radius 3 is 1.71 bits per heavy atom. The molecule has 0 aromatic heterocycles. The standard InChI is InChI=1S/C6H12O/c1-6(2,3)4-5-7/h4-5,7H,1-3H3/b5-4+. The average molecular weight is 100 g/mol. The van der Waals surface area contributed by atoms with Crippen molar-refractivity contribution in [2.24, 2.45) is 5.41 Å². The first-order valence-corrected chi connectivity index (χ1v) is 2.38. The van der Waals surface area contributed by atoms with Crippen LogP contribution < -0.4 is 0 Å². The molecular formula is C6H12O. The monoisotopic (exact) mass is 100 g/mol. The normalized spacial score (nSPS) is 13.0. The van der Waals surface area contributed by atoms with E-state index in [9.17, 15) is 0 Å². The van der Waals surface area contributed by atoms with Crippen LogP contribution in [0, 0.1) is 5.41 Å². The molecule has 1 N–H and O–H groups in total. The summed E-state index contributed by atoms with van der Waals surface area (Å²) in [5.41, 5.74) is 0.120. The van der Waals surface area contributed by atoms with Gasteiger partial charge in [0.05, 0.1) is 6.26 Å². The Morgan fingerprint density at radius 2 is 1.71 bits per heavy atom. The molecule has 0 heterocycles. The lowest BCUT2D eigenvalue weighted by Crippen LogP contribution is -1.97. The molecule has 0 aliphatic heterocycles. The summed E-state index contributed by atoms with van der Waals surface area (Å²) in [6, 6.07) is 0. The molecule has 42 valence electrons. The van der Waals surface area contributed by atoms with Crippen molar-refractivity contribution in [2.45, 2.75) is 20.8 Å². The van der Waals surface area contributed by atoms with Crippen LogP contribution in [0.4, 0.5) is 0 Å². The van der Waals surface area contributed by atoms with E-state index in [0.717, 1.165) is 6.26 Å². The van der Waals surface area contributed by atoms with E-state index in [2.05, 4.69) is 0 Å². The van der Waals surface area contributed by atoms with Crippen LogP contribution >= 0.6 is 0 Å². The van der Waals surface area contributed by atoms with Gasteiger partial charge in [-0.1, -0.05) is 20.8 Å². The Kier molecular flexibility index (Phi) is 1.88. The van der Waals surface area contributed by atoms with Crippen LogP contribution in [0.3, 0.4) is 0 Å². The highest BCUT2D eigenvalue weighted by molar-refractivity contribution is 4.85. The van der Waals surface area contributed by atoms with Crippen LogP contribution in [0.25, 0.3) is 0 Å². The van der Waals surface area contributed by atoms with Crippen LogP contribution in [-0.2, 0) is 0 Å². The van der Waals surface area contributed by atoms with E-state index in [1.54, 1.807) is 6.08 Å². The predicted molar refractivity (Wildman–Crippen MR) is 31.2 cm³/mol. The fourth-order valence-corrected chi connectivity index (χ4v) is 0.224. The van der Waals surface area contributed by atoms with Crippen molar-refractivity contribution in [1.82, 2.24) is 0 Å².